The van der Waals surface area contributed by atoms with Crippen LogP contribution in [-0.4, -0.2) is 14.5 Å². The predicted octanol–water partition coefficient (Wildman–Crippen LogP) is 2.75. The molecule has 1 unspecified atom stereocenters. The zero-order valence-corrected chi connectivity index (χ0v) is 10.8. The van der Waals surface area contributed by atoms with Crippen molar-refractivity contribution < 1.29 is 12.6 Å². The molecule has 1 rings (SSSR count). The molecule has 0 amide bonds. The van der Waals surface area contributed by atoms with Gasteiger partial charge in [-0.25, -0.2) is 0 Å². The van der Waals surface area contributed by atoms with Gasteiger partial charge in [-0.05, 0) is 37.5 Å². The van der Waals surface area contributed by atoms with E-state index < -0.39 is 10.1 Å². The highest BCUT2D eigenvalue weighted by Crippen LogP contribution is 2.16. The number of benzene rings is 1. The van der Waals surface area contributed by atoms with E-state index in [4.69, 9.17) is 4.18 Å². The van der Waals surface area contributed by atoms with Gasteiger partial charge in [-0.3, -0.25) is 4.18 Å². The molecule has 1 atom stereocenters. The van der Waals surface area contributed by atoms with Gasteiger partial charge in [0.2, 0.25) is 0 Å². The molecule has 0 spiro atoms. The van der Waals surface area contributed by atoms with E-state index in [1.165, 1.54) is 0 Å². The van der Waals surface area contributed by atoms with Crippen LogP contribution in [0.25, 0.3) is 0 Å². The lowest BCUT2D eigenvalue weighted by Crippen LogP contribution is -2.14. The highest BCUT2D eigenvalue weighted by atomic mass is 32.2. The monoisotopic (exact) mass is 242 g/mol. The zero-order valence-electron chi connectivity index (χ0n) is 9.93. The van der Waals surface area contributed by atoms with Crippen molar-refractivity contribution >= 4 is 10.1 Å². The standard InChI is InChI=1S/C12H18O3S/c1-4-10(3)15-16(13,14)12-8-6-11(5-2)7-9-12/h6-10H,4-5H2,1-3H3. The van der Waals surface area contributed by atoms with Gasteiger partial charge in [0, 0.05) is 0 Å². The van der Waals surface area contributed by atoms with Crippen molar-refractivity contribution in [3.05, 3.63) is 29.8 Å². The van der Waals surface area contributed by atoms with Gasteiger partial charge in [0.1, 0.15) is 0 Å². The fourth-order valence-corrected chi connectivity index (χ4v) is 2.38. The van der Waals surface area contributed by atoms with Crippen LogP contribution in [0.2, 0.25) is 0 Å². The average molecular weight is 242 g/mol. The smallest absolute Gasteiger partial charge is 0.263 e. The van der Waals surface area contributed by atoms with Crippen LogP contribution in [0.5, 0.6) is 0 Å². The van der Waals surface area contributed by atoms with Crippen LogP contribution in [0.1, 0.15) is 32.8 Å². The average Bonchev–Trinajstić information content (AvgIpc) is 2.28. The first kappa shape index (κ1) is 13.2. The minimum atomic E-state index is -3.60. The first-order valence-corrected chi connectivity index (χ1v) is 6.92. The summed E-state index contributed by atoms with van der Waals surface area (Å²) in [5.41, 5.74) is 1.11. The summed E-state index contributed by atoms with van der Waals surface area (Å²) in [7, 11) is -3.60. The summed E-state index contributed by atoms with van der Waals surface area (Å²) >= 11 is 0. The van der Waals surface area contributed by atoms with Gasteiger partial charge in [-0.15, -0.1) is 0 Å². The van der Waals surface area contributed by atoms with Crippen LogP contribution in [0, 0.1) is 0 Å². The van der Waals surface area contributed by atoms with Crippen LogP contribution in [0.15, 0.2) is 29.2 Å². The summed E-state index contributed by atoms with van der Waals surface area (Å²) in [5.74, 6) is 0. The Morgan fingerprint density at radius 3 is 2.19 bits per heavy atom. The molecule has 0 heterocycles. The van der Waals surface area contributed by atoms with Crippen LogP contribution in [0.3, 0.4) is 0 Å². The van der Waals surface area contributed by atoms with Gasteiger partial charge < -0.3 is 0 Å². The van der Waals surface area contributed by atoms with Crippen molar-refractivity contribution in [3.63, 3.8) is 0 Å². The van der Waals surface area contributed by atoms with Crippen LogP contribution in [0.4, 0.5) is 0 Å². The van der Waals surface area contributed by atoms with Crippen LogP contribution >= 0.6 is 0 Å². The zero-order chi connectivity index (χ0) is 12.2. The van der Waals surface area contributed by atoms with Crippen molar-refractivity contribution in [2.75, 3.05) is 0 Å². The highest BCUT2D eigenvalue weighted by molar-refractivity contribution is 7.86. The van der Waals surface area contributed by atoms with Crippen molar-refractivity contribution in [1.29, 1.82) is 0 Å². The molecule has 16 heavy (non-hydrogen) atoms. The van der Waals surface area contributed by atoms with Crippen molar-refractivity contribution in [2.45, 2.75) is 44.6 Å². The van der Waals surface area contributed by atoms with Gasteiger partial charge in [0.25, 0.3) is 10.1 Å². The lowest BCUT2D eigenvalue weighted by molar-refractivity contribution is 0.224. The minimum absolute atomic E-state index is 0.227. The SMILES string of the molecule is CCc1ccc(S(=O)(=O)OC(C)CC)cc1. The molecule has 0 aliphatic carbocycles. The fraction of sp³-hybridized carbons (Fsp3) is 0.500. The normalized spacial score (nSPS) is 13.7. The number of hydrogen-bond donors (Lipinski definition) is 0. The molecular formula is C12H18O3S. The van der Waals surface area contributed by atoms with E-state index in [1.54, 1.807) is 19.1 Å². The second-order valence-corrected chi connectivity index (χ2v) is 5.34. The Kier molecular flexibility index (Phi) is 4.50. The molecular weight excluding hydrogens is 224 g/mol. The molecule has 0 aliphatic heterocycles. The Bertz CT molecular complexity index is 420. The molecule has 4 heteroatoms. The van der Waals surface area contributed by atoms with Gasteiger partial charge in [-0.2, -0.15) is 8.42 Å². The summed E-state index contributed by atoms with van der Waals surface area (Å²) in [5, 5.41) is 0. The number of hydrogen-bond acceptors (Lipinski definition) is 3. The molecule has 1 aromatic carbocycles. The molecule has 0 aromatic heterocycles. The molecule has 90 valence electrons. The maximum atomic E-state index is 11.8. The lowest BCUT2D eigenvalue weighted by atomic mass is 10.2. The van der Waals surface area contributed by atoms with E-state index in [-0.39, 0.29) is 11.0 Å². The molecule has 0 fully saturated rings. The Morgan fingerprint density at radius 2 is 1.75 bits per heavy atom. The lowest BCUT2D eigenvalue weighted by Gasteiger charge is -2.10. The highest BCUT2D eigenvalue weighted by Gasteiger charge is 2.17. The summed E-state index contributed by atoms with van der Waals surface area (Å²) in [6.07, 6.45) is 1.29. The quantitative estimate of drug-likeness (QED) is 0.746. The Labute approximate surface area is 97.6 Å². The molecule has 0 saturated heterocycles. The third kappa shape index (κ3) is 3.32. The van der Waals surface area contributed by atoms with E-state index >= 15 is 0 Å². The van der Waals surface area contributed by atoms with E-state index in [9.17, 15) is 8.42 Å². The number of aryl methyl sites for hydroxylation is 1. The largest absolute Gasteiger partial charge is 0.297 e. The van der Waals surface area contributed by atoms with Gasteiger partial charge in [0.05, 0.1) is 11.0 Å². The molecule has 0 N–H and O–H groups in total. The topological polar surface area (TPSA) is 43.4 Å². The third-order valence-electron chi connectivity index (χ3n) is 2.49. The first-order chi connectivity index (χ1) is 7.49. The molecule has 0 bridgehead atoms. The summed E-state index contributed by atoms with van der Waals surface area (Å²) in [6.45, 7) is 5.66. The molecule has 3 nitrogen and oxygen atoms in total. The van der Waals surface area contributed by atoms with Gasteiger partial charge >= 0.3 is 0 Å². The molecule has 1 aromatic rings. The van der Waals surface area contributed by atoms with Crippen LogP contribution in [-0.2, 0) is 20.7 Å². The van der Waals surface area contributed by atoms with E-state index in [0.29, 0.717) is 6.42 Å². The maximum Gasteiger partial charge on any atom is 0.297 e. The van der Waals surface area contributed by atoms with E-state index in [1.807, 2.05) is 26.0 Å². The van der Waals surface area contributed by atoms with Crippen molar-refractivity contribution in [3.8, 4) is 0 Å². The minimum Gasteiger partial charge on any atom is -0.263 e. The summed E-state index contributed by atoms with van der Waals surface area (Å²) < 4.78 is 28.6. The van der Waals surface area contributed by atoms with Crippen LogP contribution < -0.4 is 0 Å². The second kappa shape index (κ2) is 5.46. The molecule has 0 aliphatic rings. The van der Waals surface area contributed by atoms with E-state index in [2.05, 4.69) is 0 Å². The predicted molar refractivity (Wildman–Crippen MR) is 63.8 cm³/mol. The summed E-state index contributed by atoms with van der Waals surface area (Å²) in [4.78, 5) is 0.227. The van der Waals surface area contributed by atoms with E-state index in [0.717, 1.165) is 12.0 Å². The van der Waals surface area contributed by atoms with Crippen molar-refractivity contribution in [1.82, 2.24) is 0 Å². The number of rotatable bonds is 5. The Hall–Kier alpha value is -0.870. The Morgan fingerprint density at radius 1 is 1.19 bits per heavy atom. The van der Waals surface area contributed by atoms with Crippen molar-refractivity contribution in [2.24, 2.45) is 0 Å². The van der Waals surface area contributed by atoms with Gasteiger partial charge in [-0.1, -0.05) is 26.0 Å². The third-order valence-corrected chi connectivity index (χ3v) is 3.92. The molecule has 0 radical (unpaired) electrons. The summed E-state index contributed by atoms with van der Waals surface area (Å²) in [6, 6.07) is 6.81. The van der Waals surface area contributed by atoms with Gasteiger partial charge in [0.15, 0.2) is 0 Å². The Balaban J connectivity index is 2.90. The second-order valence-electron chi connectivity index (χ2n) is 3.77. The molecule has 0 saturated carbocycles. The maximum absolute atomic E-state index is 11.8. The fourth-order valence-electron chi connectivity index (χ4n) is 1.23. The first-order valence-electron chi connectivity index (χ1n) is 5.51.